The van der Waals surface area contributed by atoms with Crippen LogP contribution in [0, 0.1) is 11.8 Å². The minimum atomic E-state index is -0.965. The van der Waals surface area contributed by atoms with Gasteiger partial charge in [0.1, 0.15) is 24.2 Å². The number of esters is 1. The molecule has 0 bridgehead atoms. The molecule has 2 aliphatic rings. The molecule has 2 saturated heterocycles. The maximum Gasteiger partial charge on any atom is 0.328 e. The number of nitrogens with one attached hydrogen (secondary N) is 3. The maximum atomic E-state index is 13.6. The van der Waals surface area contributed by atoms with E-state index in [9.17, 15) is 24.0 Å². The van der Waals surface area contributed by atoms with E-state index in [1.54, 1.807) is 0 Å². The van der Waals surface area contributed by atoms with Crippen molar-refractivity contribution in [2.75, 3.05) is 13.2 Å². The van der Waals surface area contributed by atoms with Crippen LogP contribution in [0.4, 0.5) is 0 Å². The summed E-state index contributed by atoms with van der Waals surface area (Å²) in [4.78, 5) is 68.1. The summed E-state index contributed by atoms with van der Waals surface area (Å²) in [6, 6.07) is 5.99. The SMILES string of the molecule is CC(C)C[C@H]1NC(=O)[C@@H](Cc2ccccc2)NC(=O)[C@@H]2CCCN2C(=O)[C@H](C(C)C)NC(=O)CCCCCOC1=O. The van der Waals surface area contributed by atoms with E-state index in [0.717, 1.165) is 5.56 Å². The number of fused-ring (bicyclic) bond motifs is 1. The van der Waals surface area contributed by atoms with Crippen molar-refractivity contribution < 1.29 is 28.7 Å². The first-order valence-corrected chi connectivity index (χ1v) is 15.0. The number of hydrogen-bond acceptors (Lipinski definition) is 6. The summed E-state index contributed by atoms with van der Waals surface area (Å²) in [6.07, 6.45) is 3.79. The summed E-state index contributed by atoms with van der Waals surface area (Å²) in [6.45, 7) is 8.22. The third-order valence-corrected chi connectivity index (χ3v) is 7.60. The molecule has 0 saturated carbocycles. The molecule has 0 spiro atoms. The molecule has 10 heteroatoms. The lowest BCUT2D eigenvalue weighted by atomic mass is 10.0. The fourth-order valence-corrected chi connectivity index (χ4v) is 5.36. The van der Waals surface area contributed by atoms with Crippen molar-refractivity contribution in [1.82, 2.24) is 20.9 Å². The van der Waals surface area contributed by atoms with Gasteiger partial charge in [0.15, 0.2) is 0 Å². The maximum absolute atomic E-state index is 13.6. The Bertz CT molecular complexity index is 1060. The van der Waals surface area contributed by atoms with Crippen molar-refractivity contribution in [3.63, 3.8) is 0 Å². The Morgan fingerprint density at radius 3 is 2.24 bits per heavy atom. The molecular formula is C31H46N4O6. The largest absolute Gasteiger partial charge is 0.464 e. The number of benzene rings is 1. The van der Waals surface area contributed by atoms with Gasteiger partial charge < -0.3 is 25.6 Å². The second-order valence-corrected chi connectivity index (χ2v) is 11.9. The van der Waals surface area contributed by atoms with E-state index < -0.39 is 42.0 Å². The lowest BCUT2D eigenvalue weighted by Crippen LogP contribution is -2.58. The van der Waals surface area contributed by atoms with Gasteiger partial charge in [0.25, 0.3) is 0 Å². The van der Waals surface area contributed by atoms with Gasteiger partial charge in [-0.15, -0.1) is 0 Å². The average molecular weight is 571 g/mol. The highest BCUT2D eigenvalue weighted by Gasteiger charge is 2.40. The van der Waals surface area contributed by atoms with E-state index in [1.165, 1.54) is 4.90 Å². The van der Waals surface area contributed by atoms with Gasteiger partial charge in [0, 0.05) is 19.4 Å². The lowest BCUT2D eigenvalue weighted by Gasteiger charge is -2.31. The molecule has 0 aliphatic carbocycles. The number of nitrogens with zero attached hydrogens (tertiary/aromatic N) is 1. The van der Waals surface area contributed by atoms with E-state index in [2.05, 4.69) is 16.0 Å². The third-order valence-electron chi connectivity index (χ3n) is 7.60. The Kier molecular flexibility index (Phi) is 12.2. The van der Waals surface area contributed by atoms with Crippen LogP contribution >= 0.6 is 0 Å². The van der Waals surface area contributed by atoms with Crippen molar-refractivity contribution >= 4 is 29.6 Å². The molecule has 2 aliphatic heterocycles. The number of carbonyl (C=O) groups is 5. The molecule has 4 amide bonds. The van der Waals surface area contributed by atoms with Crippen LogP contribution < -0.4 is 16.0 Å². The number of carbonyl (C=O) groups excluding carboxylic acids is 5. The quantitative estimate of drug-likeness (QED) is 0.466. The number of cyclic esters (lactones) is 1. The number of hydrogen-bond donors (Lipinski definition) is 3. The van der Waals surface area contributed by atoms with Crippen LogP contribution in [-0.2, 0) is 35.1 Å². The lowest BCUT2D eigenvalue weighted by molar-refractivity contribution is -0.149. The zero-order valence-electron chi connectivity index (χ0n) is 24.8. The van der Waals surface area contributed by atoms with Gasteiger partial charge in [-0.3, -0.25) is 19.2 Å². The monoisotopic (exact) mass is 570 g/mol. The Labute approximate surface area is 243 Å². The molecule has 0 unspecified atom stereocenters. The Balaban J connectivity index is 1.90. The number of amides is 4. The molecule has 1 aromatic rings. The third kappa shape index (κ3) is 9.57. The molecule has 1 aromatic carbocycles. The molecule has 3 rings (SSSR count). The highest BCUT2D eigenvalue weighted by Crippen LogP contribution is 2.21. The smallest absolute Gasteiger partial charge is 0.328 e. The van der Waals surface area contributed by atoms with Gasteiger partial charge in [-0.1, -0.05) is 58.0 Å². The van der Waals surface area contributed by atoms with Crippen molar-refractivity contribution in [2.24, 2.45) is 11.8 Å². The van der Waals surface area contributed by atoms with E-state index in [1.807, 2.05) is 58.0 Å². The van der Waals surface area contributed by atoms with E-state index in [0.29, 0.717) is 45.1 Å². The second kappa shape index (κ2) is 15.5. The molecule has 0 aromatic heterocycles. The number of rotatable bonds is 5. The Hall–Kier alpha value is -3.43. The van der Waals surface area contributed by atoms with E-state index in [-0.39, 0.29) is 43.1 Å². The summed E-state index contributed by atoms with van der Waals surface area (Å²) in [5.41, 5.74) is 0.844. The van der Waals surface area contributed by atoms with Crippen LogP contribution in [0.3, 0.4) is 0 Å². The normalized spacial score (nSPS) is 25.9. The molecule has 10 nitrogen and oxygen atoms in total. The standard InChI is InChI=1S/C31H46N4O6/c1-20(2)18-24-31(40)41-17-10-6-9-15-26(36)34-27(21(3)4)30(39)35-16-11-14-25(35)29(38)32-23(28(37)33-24)19-22-12-7-5-8-13-22/h5,7-8,12-13,20-21,23-25,27H,6,9-11,14-19H2,1-4H3,(H,32,38)(H,33,37)(H,34,36)/t23-,24-,25+,27+/m1/s1. The van der Waals surface area contributed by atoms with Crippen molar-refractivity contribution in [1.29, 1.82) is 0 Å². The predicted octanol–water partition coefficient (Wildman–Crippen LogP) is 2.49. The van der Waals surface area contributed by atoms with Gasteiger partial charge in [0.05, 0.1) is 6.61 Å². The minimum absolute atomic E-state index is 0.113. The molecule has 2 heterocycles. The van der Waals surface area contributed by atoms with Crippen LogP contribution in [0.15, 0.2) is 30.3 Å². The molecular weight excluding hydrogens is 524 g/mol. The highest BCUT2D eigenvalue weighted by atomic mass is 16.5. The van der Waals surface area contributed by atoms with Crippen LogP contribution in [0.5, 0.6) is 0 Å². The zero-order chi connectivity index (χ0) is 29.9. The molecule has 3 N–H and O–H groups in total. The van der Waals surface area contributed by atoms with Gasteiger partial charge in [-0.05, 0) is 55.9 Å². The summed E-state index contributed by atoms with van der Waals surface area (Å²) in [5.74, 6) is -1.99. The van der Waals surface area contributed by atoms with Gasteiger partial charge >= 0.3 is 5.97 Å². The summed E-state index contributed by atoms with van der Waals surface area (Å²) in [7, 11) is 0. The zero-order valence-corrected chi connectivity index (χ0v) is 24.8. The van der Waals surface area contributed by atoms with Gasteiger partial charge in [-0.2, -0.15) is 0 Å². The fourth-order valence-electron chi connectivity index (χ4n) is 5.36. The summed E-state index contributed by atoms with van der Waals surface area (Å²) in [5, 5.41) is 8.59. The van der Waals surface area contributed by atoms with Crippen molar-refractivity contribution in [2.45, 2.75) is 103 Å². The Morgan fingerprint density at radius 2 is 1.56 bits per heavy atom. The topological polar surface area (TPSA) is 134 Å². The molecule has 4 atom stereocenters. The first-order chi connectivity index (χ1) is 19.6. The fraction of sp³-hybridized carbons (Fsp3) is 0.645. The van der Waals surface area contributed by atoms with Crippen molar-refractivity contribution in [3.05, 3.63) is 35.9 Å². The number of ether oxygens (including phenoxy) is 1. The molecule has 226 valence electrons. The van der Waals surface area contributed by atoms with E-state index in [4.69, 9.17) is 4.74 Å². The molecule has 0 radical (unpaired) electrons. The van der Waals surface area contributed by atoms with E-state index >= 15 is 0 Å². The molecule has 2 fully saturated rings. The van der Waals surface area contributed by atoms with Crippen LogP contribution in [0.2, 0.25) is 0 Å². The summed E-state index contributed by atoms with van der Waals surface area (Å²) < 4.78 is 5.50. The average Bonchev–Trinajstić information content (AvgIpc) is 3.42. The molecule has 41 heavy (non-hydrogen) atoms. The minimum Gasteiger partial charge on any atom is -0.464 e. The second-order valence-electron chi connectivity index (χ2n) is 11.9. The first kappa shape index (κ1) is 32.1. The van der Waals surface area contributed by atoms with Crippen molar-refractivity contribution in [3.8, 4) is 0 Å². The van der Waals surface area contributed by atoms with Crippen LogP contribution in [0.1, 0.15) is 78.2 Å². The summed E-state index contributed by atoms with van der Waals surface area (Å²) >= 11 is 0. The van der Waals surface area contributed by atoms with Gasteiger partial charge in [-0.25, -0.2) is 4.79 Å². The first-order valence-electron chi connectivity index (χ1n) is 15.0. The Morgan fingerprint density at radius 1 is 0.854 bits per heavy atom. The predicted molar refractivity (Wildman–Crippen MR) is 154 cm³/mol. The highest BCUT2D eigenvalue weighted by molar-refractivity contribution is 5.95. The van der Waals surface area contributed by atoms with Gasteiger partial charge in [0.2, 0.25) is 23.6 Å². The van der Waals surface area contributed by atoms with Crippen LogP contribution in [-0.4, -0.2) is 71.8 Å². The van der Waals surface area contributed by atoms with Crippen LogP contribution in [0.25, 0.3) is 0 Å².